The van der Waals surface area contributed by atoms with Crippen LogP contribution in [0.2, 0.25) is 0 Å². The first-order chi connectivity index (χ1) is 14.5. The molecule has 0 aromatic carbocycles. The zero-order valence-corrected chi connectivity index (χ0v) is 17.0. The average Bonchev–Trinajstić information content (AvgIpc) is 3.09. The highest BCUT2D eigenvalue weighted by molar-refractivity contribution is 5.71. The Morgan fingerprint density at radius 3 is 2.44 bits per heavy atom. The highest BCUT2D eigenvalue weighted by atomic mass is 19.4. The first kappa shape index (κ1) is 24.0. The monoisotopic (exact) mass is 469 g/mol. The van der Waals surface area contributed by atoms with E-state index in [0.717, 1.165) is 0 Å². The fraction of sp³-hybridized carbons (Fsp3) is 0.611. The Hall–Kier alpha value is -2.61. The number of nitrogens with zero attached hydrogens (tertiary/aromatic N) is 3. The minimum Gasteiger partial charge on any atom is -0.416 e. The van der Waals surface area contributed by atoms with Gasteiger partial charge in [-0.3, -0.25) is 0 Å². The van der Waals surface area contributed by atoms with E-state index in [2.05, 4.69) is 20.5 Å². The van der Waals surface area contributed by atoms with Gasteiger partial charge in [0.05, 0.1) is 17.4 Å². The van der Waals surface area contributed by atoms with E-state index < -0.39 is 70.6 Å². The SMILES string of the molecule is CC1(C)CC(O)CCC[C@](O)(C(F)(F)F)c2nnc(o2)-c2nc(c(C(F)(F)F)cc2N)N1. The molecule has 178 valence electrons. The van der Waals surface area contributed by atoms with Gasteiger partial charge in [0.15, 0.2) is 5.69 Å². The number of hydrogen-bond donors (Lipinski definition) is 4. The van der Waals surface area contributed by atoms with Crippen LogP contribution >= 0.6 is 0 Å². The van der Waals surface area contributed by atoms with Gasteiger partial charge >= 0.3 is 12.4 Å². The molecule has 0 fully saturated rings. The van der Waals surface area contributed by atoms with Crippen molar-refractivity contribution in [2.24, 2.45) is 0 Å². The topological polar surface area (TPSA) is 130 Å². The molecule has 0 aliphatic carbocycles. The molecule has 3 heterocycles. The van der Waals surface area contributed by atoms with Crippen LogP contribution in [0.15, 0.2) is 10.5 Å². The molecule has 32 heavy (non-hydrogen) atoms. The molecule has 0 saturated heterocycles. The minimum atomic E-state index is -5.20. The van der Waals surface area contributed by atoms with Gasteiger partial charge in [-0.05, 0) is 45.6 Å². The highest BCUT2D eigenvalue weighted by Gasteiger charge is 2.58. The van der Waals surface area contributed by atoms with E-state index >= 15 is 0 Å². The number of aromatic nitrogens is 3. The van der Waals surface area contributed by atoms with Crippen molar-refractivity contribution < 1.29 is 41.0 Å². The summed E-state index contributed by atoms with van der Waals surface area (Å²) in [6.45, 7) is 2.99. The predicted molar refractivity (Wildman–Crippen MR) is 99.1 cm³/mol. The highest BCUT2D eigenvalue weighted by Crippen LogP contribution is 2.44. The van der Waals surface area contributed by atoms with Crippen molar-refractivity contribution in [3.63, 3.8) is 0 Å². The molecule has 1 aliphatic rings. The van der Waals surface area contributed by atoms with Crippen molar-refractivity contribution in [1.29, 1.82) is 0 Å². The maximum absolute atomic E-state index is 13.7. The first-order valence-electron chi connectivity index (χ1n) is 9.51. The van der Waals surface area contributed by atoms with Crippen LogP contribution in [0.1, 0.15) is 51.0 Å². The van der Waals surface area contributed by atoms with Crippen molar-refractivity contribution in [2.45, 2.75) is 69.1 Å². The molecular weight excluding hydrogens is 448 g/mol. The maximum atomic E-state index is 13.7. The molecule has 4 bridgehead atoms. The molecular formula is C18H21F6N5O3. The molecule has 14 heteroatoms. The number of nitrogens with two attached hydrogens (primary N) is 1. The van der Waals surface area contributed by atoms with Crippen LogP contribution in [0.5, 0.6) is 0 Å². The number of halogens is 6. The number of nitrogen functional groups attached to an aromatic ring is 1. The Kier molecular flexibility index (Phi) is 5.83. The van der Waals surface area contributed by atoms with Crippen LogP contribution in [0.3, 0.4) is 0 Å². The zero-order chi connectivity index (χ0) is 24.1. The molecule has 2 aromatic rings. The standard InChI is InChI=1S/C18H21F6N5O3/c1-15(2)7-8(30)4-3-5-16(31,18(22,23)24)14-29-28-13(32-14)11-10(25)6-9(17(19,20)21)12(26-11)27-15/h6,8,30-31H,3-5,7,25H2,1-2H3,(H,26,27)/t8?,16-/m1/s1. The van der Waals surface area contributed by atoms with Crippen LogP contribution in [0.4, 0.5) is 37.8 Å². The smallest absolute Gasteiger partial charge is 0.416 e. The van der Waals surface area contributed by atoms with Crippen molar-refractivity contribution >= 4 is 11.5 Å². The number of nitrogens with one attached hydrogen (secondary N) is 1. The van der Waals surface area contributed by atoms with Gasteiger partial charge in [0, 0.05) is 5.54 Å². The third-order valence-corrected chi connectivity index (χ3v) is 5.09. The van der Waals surface area contributed by atoms with E-state index in [1.165, 1.54) is 13.8 Å². The Morgan fingerprint density at radius 1 is 1.19 bits per heavy atom. The van der Waals surface area contributed by atoms with E-state index in [1.54, 1.807) is 0 Å². The van der Waals surface area contributed by atoms with Gasteiger partial charge in [-0.1, -0.05) is 0 Å². The molecule has 8 nitrogen and oxygen atoms in total. The van der Waals surface area contributed by atoms with Crippen molar-refractivity contribution in [1.82, 2.24) is 15.2 Å². The molecule has 0 saturated carbocycles. The third kappa shape index (κ3) is 4.60. The summed E-state index contributed by atoms with van der Waals surface area (Å²) in [6.07, 6.45) is -12.7. The summed E-state index contributed by atoms with van der Waals surface area (Å²) in [6, 6.07) is 0.545. The number of pyridine rings is 1. The quantitative estimate of drug-likeness (QED) is 0.431. The molecule has 2 atom stereocenters. The van der Waals surface area contributed by atoms with Gasteiger partial charge < -0.3 is 25.7 Å². The summed E-state index contributed by atoms with van der Waals surface area (Å²) in [5, 5.41) is 29.9. The van der Waals surface area contributed by atoms with Crippen molar-refractivity contribution in [3.8, 4) is 11.6 Å². The van der Waals surface area contributed by atoms with Crippen molar-refractivity contribution in [3.05, 3.63) is 17.5 Å². The number of anilines is 2. The number of aliphatic hydroxyl groups excluding tert-OH is 1. The molecule has 0 amide bonds. The predicted octanol–water partition coefficient (Wildman–Crippen LogP) is 3.61. The summed E-state index contributed by atoms with van der Waals surface area (Å²) in [4.78, 5) is 3.81. The largest absolute Gasteiger partial charge is 0.426 e. The van der Waals surface area contributed by atoms with E-state index in [-0.39, 0.29) is 19.3 Å². The van der Waals surface area contributed by atoms with Gasteiger partial charge in [0.25, 0.3) is 11.8 Å². The first-order valence-corrected chi connectivity index (χ1v) is 9.51. The van der Waals surface area contributed by atoms with Gasteiger partial charge in [0.2, 0.25) is 5.60 Å². The summed E-state index contributed by atoms with van der Waals surface area (Å²) < 4.78 is 86.7. The number of aliphatic hydroxyl groups is 2. The van der Waals surface area contributed by atoms with Crippen LogP contribution in [0, 0.1) is 0 Å². The molecule has 1 unspecified atom stereocenters. The third-order valence-electron chi connectivity index (χ3n) is 5.09. The number of fused-ring (bicyclic) bond motifs is 5. The summed E-state index contributed by atoms with van der Waals surface area (Å²) in [7, 11) is 0. The van der Waals surface area contributed by atoms with Gasteiger partial charge in [0.1, 0.15) is 5.82 Å². The molecule has 0 radical (unpaired) electrons. The van der Waals surface area contributed by atoms with E-state index in [0.29, 0.717) is 6.07 Å². The molecule has 0 spiro atoms. The fourth-order valence-electron chi connectivity index (χ4n) is 3.52. The lowest BCUT2D eigenvalue weighted by Crippen LogP contribution is -2.43. The van der Waals surface area contributed by atoms with E-state index in [4.69, 9.17) is 10.2 Å². The van der Waals surface area contributed by atoms with Crippen LogP contribution in [-0.4, -0.2) is 43.2 Å². The Morgan fingerprint density at radius 2 is 1.84 bits per heavy atom. The number of alkyl halides is 6. The average molecular weight is 469 g/mol. The summed E-state index contributed by atoms with van der Waals surface area (Å²) in [5.41, 5.74) is -1.29. The maximum Gasteiger partial charge on any atom is 0.426 e. The van der Waals surface area contributed by atoms with Gasteiger partial charge in [-0.25, -0.2) is 4.98 Å². The van der Waals surface area contributed by atoms with Gasteiger partial charge in [-0.2, -0.15) is 26.3 Å². The lowest BCUT2D eigenvalue weighted by Gasteiger charge is -2.32. The Labute approximate surface area is 177 Å². The molecule has 1 aliphatic heterocycles. The summed E-state index contributed by atoms with van der Waals surface area (Å²) in [5.74, 6) is -2.57. The second-order valence-corrected chi connectivity index (χ2v) is 8.35. The van der Waals surface area contributed by atoms with E-state index in [1.807, 2.05) is 0 Å². The Bertz CT molecular complexity index is 990. The van der Waals surface area contributed by atoms with Crippen LogP contribution in [-0.2, 0) is 11.8 Å². The summed E-state index contributed by atoms with van der Waals surface area (Å²) >= 11 is 0. The minimum absolute atomic E-state index is 0.117. The lowest BCUT2D eigenvalue weighted by atomic mass is 9.90. The fourth-order valence-corrected chi connectivity index (χ4v) is 3.52. The molecule has 3 rings (SSSR count). The van der Waals surface area contributed by atoms with Gasteiger partial charge in [-0.15, -0.1) is 10.2 Å². The number of rotatable bonds is 0. The van der Waals surface area contributed by atoms with Crippen LogP contribution < -0.4 is 11.1 Å². The second-order valence-electron chi connectivity index (χ2n) is 8.35. The molecule has 5 N–H and O–H groups in total. The second kappa shape index (κ2) is 7.76. The van der Waals surface area contributed by atoms with Crippen LogP contribution in [0.25, 0.3) is 11.6 Å². The lowest BCUT2D eigenvalue weighted by molar-refractivity contribution is -0.277. The van der Waals surface area contributed by atoms with E-state index in [9.17, 15) is 36.6 Å². The Balaban J connectivity index is 2.23. The molecule has 2 aromatic heterocycles. The normalized spacial score (nSPS) is 24.5. The number of hydrogen-bond acceptors (Lipinski definition) is 8. The zero-order valence-electron chi connectivity index (χ0n) is 17.0. The van der Waals surface area contributed by atoms with Crippen molar-refractivity contribution in [2.75, 3.05) is 11.1 Å².